The number of hydrogen-bond donors (Lipinski definition) is 1. The second kappa shape index (κ2) is 8.46. The zero-order chi connectivity index (χ0) is 20.2. The molecule has 29 heavy (non-hydrogen) atoms. The van der Waals surface area contributed by atoms with Crippen LogP contribution in [0.3, 0.4) is 0 Å². The van der Waals surface area contributed by atoms with Crippen LogP contribution in [-0.4, -0.2) is 31.7 Å². The van der Waals surface area contributed by atoms with Gasteiger partial charge < -0.3 is 9.88 Å². The number of aryl methyl sites for hydroxylation is 3. The molecule has 0 radical (unpaired) electrons. The fraction of sp³-hybridized carbons (Fsp3) is 0.333. The van der Waals surface area contributed by atoms with E-state index in [2.05, 4.69) is 37.2 Å². The molecule has 1 atom stereocenters. The first kappa shape index (κ1) is 19.2. The van der Waals surface area contributed by atoms with Crippen molar-refractivity contribution in [1.82, 2.24) is 25.1 Å². The quantitative estimate of drug-likeness (QED) is 0.719. The van der Waals surface area contributed by atoms with Gasteiger partial charge in [-0.05, 0) is 24.8 Å². The van der Waals surface area contributed by atoms with Gasteiger partial charge in [0.1, 0.15) is 17.5 Å². The molecule has 1 aromatic carbocycles. The van der Waals surface area contributed by atoms with Crippen LogP contribution in [-0.2, 0) is 25.8 Å². The van der Waals surface area contributed by atoms with E-state index in [9.17, 15) is 13.6 Å². The lowest BCUT2D eigenvalue weighted by atomic mass is 10.1. The van der Waals surface area contributed by atoms with Gasteiger partial charge in [0.15, 0.2) is 11.5 Å². The van der Waals surface area contributed by atoms with Gasteiger partial charge in [0, 0.05) is 31.5 Å². The minimum absolute atomic E-state index is 0.141. The highest BCUT2D eigenvalue weighted by Crippen LogP contribution is 2.17. The lowest BCUT2D eigenvalue weighted by Gasteiger charge is -2.16. The second-order valence-corrected chi connectivity index (χ2v) is 7.15. The molecule has 2 aromatic heterocycles. The number of halogens is 2. The summed E-state index contributed by atoms with van der Waals surface area (Å²) >= 11 is 0. The highest BCUT2D eigenvalue weighted by Gasteiger charge is 2.23. The fourth-order valence-corrected chi connectivity index (χ4v) is 3.61. The number of benzene rings is 1. The van der Waals surface area contributed by atoms with Crippen LogP contribution in [0.1, 0.15) is 40.5 Å². The Morgan fingerprint density at radius 3 is 2.76 bits per heavy atom. The van der Waals surface area contributed by atoms with Crippen molar-refractivity contribution < 1.29 is 13.6 Å². The molecule has 0 fully saturated rings. The largest absolute Gasteiger partial charge is 0.348 e. The van der Waals surface area contributed by atoms with E-state index < -0.39 is 23.2 Å². The number of pyridine rings is 1. The molecule has 3 heterocycles. The number of nitrogens with one attached hydrogen (secondary N) is 1. The summed E-state index contributed by atoms with van der Waals surface area (Å²) in [6.45, 7) is 0.677. The van der Waals surface area contributed by atoms with Crippen LogP contribution in [0.4, 0.5) is 8.78 Å². The van der Waals surface area contributed by atoms with Gasteiger partial charge in [0.05, 0.1) is 6.20 Å². The average Bonchev–Trinajstić information content (AvgIpc) is 2.99. The Bertz CT molecular complexity index is 1010. The van der Waals surface area contributed by atoms with E-state index in [-0.39, 0.29) is 6.04 Å². The maximum atomic E-state index is 13.8. The van der Waals surface area contributed by atoms with E-state index in [1.807, 2.05) is 18.2 Å². The van der Waals surface area contributed by atoms with Crippen LogP contribution < -0.4 is 5.32 Å². The molecule has 1 N–H and O–H groups in total. The van der Waals surface area contributed by atoms with E-state index >= 15 is 0 Å². The predicted molar refractivity (Wildman–Crippen MR) is 102 cm³/mol. The molecule has 4 rings (SSSR count). The molecule has 0 saturated heterocycles. The smallest absolute Gasteiger partial charge is 0.273 e. The first-order chi connectivity index (χ1) is 14.1. The van der Waals surface area contributed by atoms with Crippen molar-refractivity contribution in [3.05, 3.63) is 77.1 Å². The van der Waals surface area contributed by atoms with Crippen LogP contribution >= 0.6 is 0 Å². The third-order valence-electron chi connectivity index (χ3n) is 5.16. The van der Waals surface area contributed by atoms with Gasteiger partial charge in [0.2, 0.25) is 0 Å². The summed E-state index contributed by atoms with van der Waals surface area (Å²) in [6, 6.07) is 10.7. The molecular formula is C21H21F2N5O. The summed E-state index contributed by atoms with van der Waals surface area (Å²) in [7, 11) is 0. The van der Waals surface area contributed by atoms with Gasteiger partial charge in [-0.2, -0.15) is 0 Å². The topological polar surface area (TPSA) is 72.7 Å². The maximum absolute atomic E-state index is 13.8. The number of carbonyl (C=O) groups is 1. The monoisotopic (exact) mass is 397 g/mol. The van der Waals surface area contributed by atoms with E-state index in [1.54, 1.807) is 0 Å². The standard InChI is InChI=1S/C21H21F2N5O/c22-15-12-17(23)20(24-13-15)21(29)25-16-7-9-19-27-26-18(28(19)11-10-16)8-6-14-4-2-1-3-5-14/h1-5,12-13,16H,6-11H2,(H,25,29). The van der Waals surface area contributed by atoms with Crippen LogP contribution in [0.25, 0.3) is 0 Å². The van der Waals surface area contributed by atoms with Gasteiger partial charge in [-0.1, -0.05) is 30.3 Å². The molecule has 6 nitrogen and oxygen atoms in total. The molecule has 1 unspecified atom stereocenters. The number of hydrogen-bond acceptors (Lipinski definition) is 4. The van der Waals surface area contributed by atoms with E-state index in [4.69, 9.17) is 0 Å². The first-order valence-electron chi connectivity index (χ1n) is 9.67. The van der Waals surface area contributed by atoms with Crippen molar-refractivity contribution in [2.45, 2.75) is 44.7 Å². The van der Waals surface area contributed by atoms with Crippen molar-refractivity contribution in [1.29, 1.82) is 0 Å². The summed E-state index contributed by atoms with van der Waals surface area (Å²) in [4.78, 5) is 15.9. The molecule has 0 aliphatic carbocycles. The van der Waals surface area contributed by atoms with E-state index in [0.29, 0.717) is 31.9 Å². The second-order valence-electron chi connectivity index (χ2n) is 7.15. The Labute approximate surface area is 167 Å². The summed E-state index contributed by atoms with van der Waals surface area (Å²) < 4.78 is 28.9. The number of amides is 1. The fourth-order valence-electron chi connectivity index (χ4n) is 3.61. The zero-order valence-corrected chi connectivity index (χ0v) is 15.8. The zero-order valence-electron chi connectivity index (χ0n) is 15.8. The molecule has 0 spiro atoms. The molecule has 1 aliphatic rings. The minimum Gasteiger partial charge on any atom is -0.348 e. The van der Waals surface area contributed by atoms with Gasteiger partial charge in [-0.15, -0.1) is 10.2 Å². The molecule has 1 aliphatic heterocycles. The minimum atomic E-state index is -0.962. The molecule has 1 amide bonds. The first-order valence-corrected chi connectivity index (χ1v) is 9.67. The maximum Gasteiger partial charge on any atom is 0.273 e. The van der Waals surface area contributed by atoms with Crippen molar-refractivity contribution in [2.24, 2.45) is 0 Å². The van der Waals surface area contributed by atoms with Gasteiger partial charge >= 0.3 is 0 Å². The Morgan fingerprint density at radius 1 is 1.14 bits per heavy atom. The van der Waals surface area contributed by atoms with E-state index in [0.717, 1.165) is 30.7 Å². The van der Waals surface area contributed by atoms with Crippen LogP contribution in [0, 0.1) is 11.6 Å². The Morgan fingerprint density at radius 2 is 1.97 bits per heavy atom. The molecule has 0 saturated carbocycles. The number of rotatable bonds is 5. The predicted octanol–water partition coefficient (Wildman–Crippen LogP) is 2.87. The highest BCUT2D eigenvalue weighted by molar-refractivity contribution is 5.92. The van der Waals surface area contributed by atoms with Gasteiger partial charge in [-0.3, -0.25) is 4.79 Å². The third-order valence-corrected chi connectivity index (χ3v) is 5.16. The SMILES string of the molecule is O=C(NC1CCc2nnc(CCc3ccccc3)n2CC1)c1ncc(F)cc1F. The van der Waals surface area contributed by atoms with Crippen molar-refractivity contribution in [3.63, 3.8) is 0 Å². The highest BCUT2D eigenvalue weighted by atomic mass is 19.1. The van der Waals surface area contributed by atoms with Gasteiger partial charge in [0.25, 0.3) is 5.91 Å². The summed E-state index contributed by atoms with van der Waals surface area (Å²) in [5.41, 5.74) is 0.857. The number of nitrogens with zero attached hydrogens (tertiary/aromatic N) is 4. The van der Waals surface area contributed by atoms with Crippen LogP contribution in [0.2, 0.25) is 0 Å². The van der Waals surface area contributed by atoms with E-state index in [1.165, 1.54) is 5.56 Å². The van der Waals surface area contributed by atoms with Gasteiger partial charge in [-0.25, -0.2) is 13.8 Å². The molecule has 150 valence electrons. The summed E-state index contributed by atoms with van der Waals surface area (Å²) in [6.07, 6.45) is 4.53. The average molecular weight is 397 g/mol. The Balaban J connectivity index is 1.38. The van der Waals surface area contributed by atoms with Crippen molar-refractivity contribution >= 4 is 5.91 Å². The molecule has 3 aromatic rings. The summed E-state index contributed by atoms with van der Waals surface area (Å²) in [5, 5.41) is 11.5. The van der Waals surface area contributed by atoms with Crippen LogP contribution in [0.5, 0.6) is 0 Å². The molecule has 0 bridgehead atoms. The normalized spacial score (nSPS) is 16.1. The Hall–Kier alpha value is -3.16. The van der Waals surface area contributed by atoms with Crippen LogP contribution in [0.15, 0.2) is 42.6 Å². The number of carbonyl (C=O) groups excluding carboxylic acids is 1. The summed E-state index contributed by atoms with van der Waals surface area (Å²) in [5.74, 6) is -0.571. The van der Waals surface area contributed by atoms with Crippen molar-refractivity contribution in [2.75, 3.05) is 0 Å². The lowest BCUT2D eigenvalue weighted by molar-refractivity contribution is 0.0923. The lowest BCUT2D eigenvalue weighted by Crippen LogP contribution is -2.36. The Kier molecular flexibility index (Phi) is 5.59. The number of fused-ring (bicyclic) bond motifs is 1. The third kappa shape index (κ3) is 4.47. The number of aromatic nitrogens is 4. The van der Waals surface area contributed by atoms with Crippen molar-refractivity contribution in [3.8, 4) is 0 Å². The molecule has 8 heteroatoms. The molecular weight excluding hydrogens is 376 g/mol.